The van der Waals surface area contributed by atoms with Gasteiger partial charge in [-0.05, 0) is 48.2 Å². The van der Waals surface area contributed by atoms with Crippen LogP contribution in [-0.4, -0.2) is 38.9 Å². The average molecular weight is 537 g/mol. The summed E-state index contributed by atoms with van der Waals surface area (Å²) < 4.78 is 12.7. The van der Waals surface area contributed by atoms with E-state index in [9.17, 15) is 14.7 Å². The zero-order chi connectivity index (χ0) is 26.7. The van der Waals surface area contributed by atoms with Crippen molar-refractivity contribution in [1.82, 2.24) is 4.98 Å². The molecule has 2 heterocycles. The summed E-state index contributed by atoms with van der Waals surface area (Å²) in [5, 5.41) is 21.9. The number of carboxylic acids is 1. The molecule has 9 heteroatoms. The van der Waals surface area contributed by atoms with Gasteiger partial charge in [-0.25, -0.2) is 4.98 Å². The Hall–Kier alpha value is -3.24. The van der Waals surface area contributed by atoms with Gasteiger partial charge < -0.3 is 25.0 Å². The van der Waals surface area contributed by atoms with Gasteiger partial charge in [0.25, 0.3) is 0 Å². The first kappa shape index (κ1) is 27.8. The number of aliphatic hydroxyl groups is 1. The molecule has 8 nitrogen and oxygen atoms in total. The molecule has 0 spiro atoms. The largest absolute Gasteiger partial charge is 0.481 e. The Morgan fingerprint density at radius 1 is 0.947 bits per heavy atom. The first-order valence-corrected chi connectivity index (χ1v) is 13.6. The fraction of sp³-hybridized carbons (Fsp3) is 0.345. The molecule has 4 rings (SSSR count). The summed E-state index contributed by atoms with van der Waals surface area (Å²) in [5.41, 5.74) is 3.37. The molecule has 3 N–H and O–H groups in total. The second-order valence-electron chi connectivity index (χ2n) is 9.10. The fourth-order valence-electron chi connectivity index (χ4n) is 4.14. The van der Waals surface area contributed by atoms with Gasteiger partial charge in [-0.2, -0.15) is 0 Å². The lowest BCUT2D eigenvalue weighted by Crippen LogP contribution is -2.31. The van der Waals surface area contributed by atoms with Gasteiger partial charge in [0.05, 0.1) is 23.8 Å². The number of pyridine rings is 1. The quantitative estimate of drug-likeness (QED) is 0.205. The fourth-order valence-corrected chi connectivity index (χ4v) is 5.02. The second kappa shape index (κ2) is 14.1. The summed E-state index contributed by atoms with van der Waals surface area (Å²) in [7, 11) is 0. The molecule has 1 aromatic heterocycles. The molecule has 3 unspecified atom stereocenters. The Bertz CT molecular complexity index is 1170. The Morgan fingerprint density at radius 2 is 1.68 bits per heavy atom. The third-order valence-electron chi connectivity index (χ3n) is 6.18. The van der Waals surface area contributed by atoms with Crippen molar-refractivity contribution in [3.63, 3.8) is 0 Å². The molecule has 0 radical (unpaired) electrons. The second-order valence-corrected chi connectivity index (χ2v) is 10.1. The highest BCUT2D eigenvalue weighted by Crippen LogP contribution is 2.39. The Kier molecular flexibility index (Phi) is 10.3. The molecule has 0 aliphatic carbocycles. The average Bonchev–Trinajstić information content (AvgIpc) is 2.95. The number of rotatable bonds is 12. The van der Waals surface area contributed by atoms with Crippen molar-refractivity contribution >= 4 is 29.3 Å². The van der Waals surface area contributed by atoms with Crippen LogP contribution in [0.25, 0.3) is 0 Å². The van der Waals surface area contributed by atoms with Crippen LogP contribution in [0, 0.1) is 0 Å². The van der Waals surface area contributed by atoms with Crippen LogP contribution in [0.15, 0.2) is 78.0 Å². The highest BCUT2D eigenvalue weighted by Gasteiger charge is 2.32. The van der Waals surface area contributed by atoms with Crippen LogP contribution in [0.5, 0.6) is 0 Å². The molecule has 38 heavy (non-hydrogen) atoms. The lowest BCUT2D eigenvalue weighted by atomic mass is 10.0. The summed E-state index contributed by atoms with van der Waals surface area (Å²) in [6.45, 7) is -0.00784. The maximum absolute atomic E-state index is 12.2. The van der Waals surface area contributed by atoms with Crippen molar-refractivity contribution in [2.24, 2.45) is 0 Å². The minimum atomic E-state index is -0.852. The highest BCUT2D eigenvalue weighted by atomic mass is 32.2. The van der Waals surface area contributed by atoms with Crippen molar-refractivity contribution in [2.75, 3.05) is 11.1 Å². The van der Waals surface area contributed by atoms with Crippen LogP contribution in [-0.2, 0) is 25.7 Å². The van der Waals surface area contributed by atoms with Gasteiger partial charge >= 0.3 is 5.97 Å². The van der Waals surface area contributed by atoms with E-state index in [2.05, 4.69) is 10.3 Å². The van der Waals surface area contributed by atoms with E-state index in [0.717, 1.165) is 27.5 Å². The predicted molar refractivity (Wildman–Crippen MR) is 145 cm³/mol. The zero-order valence-electron chi connectivity index (χ0n) is 21.0. The van der Waals surface area contributed by atoms with Crippen LogP contribution in [0.3, 0.4) is 0 Å². The summed E-state index contributed by atoms with van der Waals surface area (Å²) in [6, 6.07) is 21.0. The standard InChI is InChI=1S/C29H32N2O6S/c32-18-20-8-10-21(11-9-20)25-17-24(19-38-27-6-3-4-16-30-27)36-29(37-25)22-12-14-23(15-13-22)31-26(33)5-1-2-7-28(34)35/h3-4,6,8-16,24-25,29,32H,1-2,5,7,17-19H2,(H,31,33)(H,34,35). The van der Waals surface area contributed by atoms with Crippen LogP contribution >= 0.6 is 11.8 Å². The van der Waals surface area contributed by atoms with E-state index in [1.165, 1.54) is 0 Å². The molecule has 1 aliphatic rings. The van der Waals surface area contributed by atoms with Crippen LogP contribution < -0.4 is 5.32 Å². The minimum Gasteiger partial charge on any atom is -0.481 e. The predicted octanol–water partition coefficient (Wildman–Crippen LogP) is 5.50. The Balaban J connectivity index is 1.41. The monoisotopic (exact) mass is 536 g/mol. The highest BCUT2D eigenvalue weighted by molar-refractivity contribution is 7.99. The van der Waals surface area contributed by atoms with Crippen molar-refractivity contribution in [3.05, 3.63) is 89.6 Å². The SMILES string of the molecule is O=C(O)CCCCC(=O)Nc1ccc(C2OC(CSc3ccccn3)CC(c3ccc(CO)cc3)O2)cc1. The maximum Gasteiger partial charge on any atom is 0.303 e. The molecule has 3 aromatic rings. The van der Waals surface area contributed by atoms with Crippen LogP contribution in [0.2, 0.25) is 0 Å². The van der Waals surface area contributed by atoms with Gasteiger partial charge in [0.15, 0.2) is 6.29 Å². The summed E-state index contributed by atoms with van der Waals surface area (Å²) >= 11 is 1.64. The van der Waals surface area contributed by atoms with Gasteiger partial charge in [0.2, 0.25) is 5.91 Å². The molecule has 200 valence electrons. The number of aliphatic hydroxyl groups excluding tert-OH is 1. The summed E-state index contributed by atoms with van der Waals surface area (Å²) in [4.78, 5) is 27.2. The van der Waals surface area contributed by atoms with Gasteiger partial charge in [-0.3, -0.25) is 9.59 Å². The van der Waals surface area contributed by atoms with Crippen LogP contribution in [0.1, 0.15) is 61.2 Å². The number of hydrogen-bond donors (Lipinski definition) is 3. The summed E-state index contributed by atoms with van der Waals surface area (Å²) in [6.07, 6.45) is 2.96. The number of unbranched alkanes of at least 4 members (excludes halogenated alkanes) is 1. The summed E-state index contributed by atoms with van der Waals surface area (Å²) in [5.74, 6) is -0.278. The molecule has 1 saturated heterocycles. The molecule has 0 saturated carbocycles. The Morgan fingerprint density at radius 3 is 2.37 bits per heavy atom. The number of hydrogen-bond acceptors (Lipinski definition) is 7. The van der Waals surface area contributed by atoms with Gasteiger partial charge in [0.1, 0.15) is 0 Å². The maximum atomic E-state index is 12.2. The van der Waals surface area contributed by atoms with E-state index in [0.29, 0.717) is 24.9 Å². The first-order chi connectivity index (χ1) is 18.5. The van der Waals surface area contributed by atoms with Gasteiger partial charge in [-0.15, -0.1) is 11.8 Å². The van der Waals surface area contributed by atoms with E-state index in [-0.39, 0.29) is 37.6 Å². The lowest BCUT2D eigenvalue weighted by Gasteiger charge is -2.36. The topological polar surface area (TPSA) is 118 Å². The van der Waals surface area contributed by atoms with Crippen molar-refractivity contribution in [1.29, 1.82) is 0 Å². The molecular formula is C29H32N2O6S. The number of ether oxygens (including phenoxy) is 2. The Labute approximate surface area is 226 Å². The zero-order valence-corrected chi connectivity index (χ0v) is 21.8. The number of anilines is 1. The van der Waals surface area contributed by atoms with E-state index in [1.807, 2.05) is 66.7 Å². The van der Waals surface area contributed by atoms with E-state index < -0.39 is 12.3 Å². The smallest absolute Gasteiger partial charge is 0.303 e. The van der Waals surface area contributed by atoms with E-state index in [4.69, 9.17) is 14.6 Å². The minimum absolute atomic E-state index is 0.00784. The van der Waals surface area contributed by atoms with E-state index >= 15 is 0 Å². The number of amides is 1. The molecule has 3 atom stereocenters. The number of carbonyl (C=O) groups excluding carboxylic acids is 1. The number of carboxylic acid groups (broad SMARTS) is 1. The van der Waals surface area contributed by atoms with Crippen molar-refractivity contribution in [2.45, 2.75) is 62.2 Å². The number of aliphatic carboxylic acids is 1. The molecule has 1 amide bonds. The lowest BCUT2D eigenvalue weighted by molar-refractivity contribution is -0.245. The number of nitrogens with zero attached hydrogens (tertiary/aromatic N) is 1. The van der Waals surface area contributed by atoms with Gasteiger partial charge in [-0.1, -0.05) is 42.5 Å². The number of nitrogens with one attached hydrogen (secondary N) is 1. The van der Waals surface area contributed by atoms with E-state index in [1.54, 1.807) is 18.0 Å². The van der Waals surface area contributed by atoms with Crippen LogP contribution in [0.4, 0.5) is 5.69 Å². The normalized spacial score (nSPS) is 19.1. The van der Waals surface area contributed by atoms with Crippen molar-refractivity contribution < 1.29 is 29.3 Å². The molecular weight excluding hydrogens is 504 g/mol. The third kappa shape index (κ3) is 8.39. The number of thioether (sulfide) groups is 1. The number of carbonyl (C=O) groups is 2. The first-order valence-electron chi connectivity index (χ1n) is 12.7. The van der Waals surface area contributed by atoms with Gasteiger partial charge in [0, 0.05) is 42.5 Å². The molecule has 0 bridgehead atoms. The molecule has 1 fully saturated rings. The molecule has 1 aliphatic heterocycles. The molecule has 2 aromatic carbocycles. The number of aromatic nitrogens is 1. The van der Waals surface area contributed by atoms with Crippen molar-refractivity contribution in [3.8, 4) is 0 Å². The third-order valence-corrected chi connectivity index (χ3v) is 7.26. The number of benzene rings is 2.